The maximum atomic E-state index is 9.43. The van der Waals surface area contributed by atoms with Gasteiger partial charge < -0.3 is 4.90 Å². The van der Waals surface area contributed by atoms with Gasteiger partial charge >= 0.3 is 18.0 Å². The molecular formula is C3H10AsNO. The van der Waals surface area contributed by atoms with E-state index in [1.165, 1.54) is 4.90 Å². The minimum absolute atomic E-state index is 0. The summed E-state index contributed by atoms with van der Waals surface area (Å²) in [6.07, 6.45) is 0.750. The first-order valence-corrected chi connectivity index (χ1v) is 1.39. The monoisotopic (exact) mass is 151 g/mol. The first-order chi connectivity index (χ1) is 2.27. The Kier molecular flexibility index (Phi) is 7.87. The van der Waals surface area contributed by atoms with Gasteiger partial charge in [0, 0.05) is 14.1 Å². The molecule has 0 aliphatic heterocycles. The van der Waals surface area contributed by atoms with E-state index in [4.69, 9.17) is 0 Å². The van der Waals surface area contributed by atoms with Crippen molar-refractivity contribution < 1.29 is 4.79 Å². The Bertz CT molecular complexity index is 37.8. The molecule has 0 fully saturated rings. The maximum absolute atomic E-state index is 9.43. The number of hydrogen-bond acceptors (Lipinski definition) is 1. The van der Waals surface area contributed by atoms with Crippen molar-refractivity contribution in [2.75, 3.05) is 14.1 Å². The second kappa shape index (κ2) is 5.03. The van der Waals surface area contributed by atoms with Crippen molar-refractivity contribution in [3.8, 4) is 0 Å². The van der Waals surface area contributed by atoms with Crippen LogP contribution in [0.25, 0.3) is 0 Å². The second-order valence-electron chi connectivity index (χ2n) is 1.07. The Balaban J connectivity index is 0. The zero-order valence-electron chi connectivity index (χ0n) is 4.14. The molecule has 0 aliphatic carbocycles. The summed E-state index contributed by atoms with van der Waals surface area (Å²) in [7, 11) is 3.38. The normalized spacial score (nSPS) is 5.67. The summed E-state index contributed by atoms with van der Waals surface area (Å²) in [6, 6.07) is 0. The Morgan fingerprint density at radius 3 is 1.67 bits per heavy atom. The van der Waals surface area contributed by atoms with E-state index in [9.17, 15) is 4.79 Å². The van der Waals surface area contributed by atoms with Gasteiger partial charge in [-0.2, -0.15) is 0 Å². The summed E-state index contributed by atoms with van der Waals surface area (Å²) < 4.78 is 0. The average Bonchev–Trinajstić information content (AvgIpc) is 1.38. The number of carbonyl (C=O) groups is 1. The topological polar surface area (TPSA) is 20.3 Å². The van der Waals surface area contributed by atoms with Crippen LogP contribution in [0.15, 0.2) is 0 Å². The standard InChI is InChI=1S/C3H7NO.AsH3/c1-4(2)3-5;/h3H,1-2H3;1H3. The third-order valence-corrected chi connectivity index (χ3v) is 0.211. The molecule has 0 aromatic heterocycles. The van der Waals surface area contributed by atoms with E-state index in [1.807, 2.05) is 0 Å². The van der Waals surface area contributed by atoms with E-state index >= 15 is 0 Å². The molecule has 3 heteroatoms. The number of carbonyl (C=O) groups excluding carboxylic acids is 1. The van der Waals surface area contributed by atoms with Gasteiger partial charge in [0.1, 0.15) is 0 Å². The fourth-order valence-corrected chi connectivity index (χ4v) is 0. The number of rotatable bonds is 1. The minimum atomic E-state index is 0. The average molecular weight is 151 g/mol. The SMILES string of the molecule is CN(C)C=O.[AsH3]. The van der Waals surface area contributed by atoms with E-state index in [1.54, 1.807) is 14.1 Å². The van der Waals surface area contributed by atoms with E-state index < -0.39 is 0 Å². The quantitative estimate of drug-likeness (QED) is 0.330. The van der Waals surface area contributed by atoms with Crippen molar-refractivity contribution in [2.45, 2.75) is 0 Å². The van der Waals surface area contributed by atoms with E-state index in [-0.39, 0.29) is 18.0 Å². The molecule has 0 spiro atoms. The van der Waals surface area contributed by atoms with Crippen LogP contribution in [0.3, 0.4) is 0 Å². The first kappa shape index (κ1) is 9.39. The number of nitrogens with zero attached hydrogens (tertiary/aromatic N) is 1. The molecule has 0 radical (unpaired) electrons. The fraction of sp³-hybridized carbons (Fsp3) is 0.667. The van der Waals surface area contributed by atoms with Crippen LogP contribution >= 0.6 is 0 Å². The summed E-state index contributed by atoms with van der Waals surface area (Å²) in [4.78, 5) is 10.9. The Morgan fingerprint density at radius 2 is 1.67 bits per heavy atom. The van der Waals surface area contributed by atoms with Crippen molar-refractivity contribution >= 4 is 24.4 Å². The fourth-order valence-electron chi connectivity index (χ4n) is 0. The third kappa shape index (κ3) is 8.98. The molecule has 6 heavy (non-hydrogen) atoms. The zero-order valence-corrected chi connectivity index (χ0v) is 7.11. The summed E-state index contributed by atoms with van der Waals surface area (Å²) in [5, 5.41) is 0. The van der Waals surface area contributed by atoms with Crippen molar-refractivity contribution in [3.05, 3.63) is 0 Å². The van der Waals surface area contributed by atoms with Crippen LogP contribution in [-0.2, 0) is 4.79 Å². The molecule has 0 saturated heterocycles. The van der Waals surface area contributed by atoms with Gasteiger partial charge in [0.2, 0.25) is 6.41 Å². The van der Waals surface area contributed by atoms with Crippen LogP contribution in [-0.4, -0.2) is 43.4 Å². The van der Waals surface area contributed by atoms with Gasteiger partial charge in [0.15, 0.2) is 0 Å². The molecular weight excluding hydrogens is 141 g/mol. The van der Waals surface area contributed by atoms with Crippen molar-refractivity contribution in [3.63, 3.8) is 0 Å². The summed E-state index contributed by atoms with van der Waals surface area (Å²) >= 11 is 0. The van der Waals surface area contributed by atoms with Crippen LogP contribution < -0.4 is 0 Å². The molecule has 0 bridgehead atoms. The van der Waals surface area contributed by atoms with Crippen molar-refractivity contribution in [2.24, 2.45) is 0 Å². The van der Waals surface area contributed by atoms with Gasteiger partial charge in [-0.05, 0) is 0 Å². The van der Waals surface area contributed by atoms with Gasteiger partial charge in [0.05, 0.1) is 0 Å². The Labute approximate surface area is 48.8 Å². The van der Waals surface area contributed by atoms with Crippen LogP contribution in [0.4, 0.5) is 0 Å². The second-order valence-corrected chi connectivity index (χ2v) is 1.07. The van der Waals surface area contributed by atoms with E-state index in [0.717, 1.165) is 6.41 Å². The summed E-state index contributed by atoms with van der Waals surface area (Å²) in [5.74, 6) is 0. The third-order valence-electron chi connectivity index (χ3n) is 0.211. The molecule has 0 saturated carbocycles. The van der Waals surface area contributed by atoms with Crippen LogP contribution in [0.5, 0.6) is 0 Å². The number of amides is 1. The van der Waals surface area contributed by atoms with Gasteiger partial charge in [-0.1, -0.05) is 0 Å². The van der Waals surface area contributed by atoms with E-state index in [0.29, 0.717) is 0 Å². The molecule has 0 N–H and O–H groups in total. The summed E-state index contributed by atoms with van der Waals surface area (Å²) in [6.45, 7) is 0. The molecule has 0 rings (SSSR count). The van der Waals surface area contributed by atoms with E-state index in [2.05, 4.69) is 0 Å². The van der Waals surface area contributed by atoms with Crippen LogP contribution in [0, 0.1) is 0 Å². The molecule has 1 amide bonds. The molecule has 0 aromatic rings. The van der Waals surface area contributed by atoms with Crippen LogP contribution in [0.1, 0.15) is 0 Å². The molecule has 1 unspecified atom stereocenters. The molecule has 0 aromatic carbocycles. The Hall–Kier alpha value is 0.0284. The number of hydrogen-bond donors (Lipinski definition) is 0. The molecule has 2 nitrogen and oxygen atoms in total. The van der Waals surface area contributed by atoms with Gasteiger partial charge in [-0.25, -0.2) is 0 Å². The van der Waals surface area contributed by atoms with Gasteiger partial charge in [-0.15, -0.1) is 0 Å². The Morgan fingerprint density at radius 1 is 1.50 bits per heavy atom. The molecule has 38 valence electrons. The predicted molar refractivity (Wildman–Crippen MR) is 29.7 cm³/mol. The molecule has 1 atom stereocenters. The van der Waals surface area contributed by atoms with Crippen molar-refractivity contribution in [1.82, 2.24) is 4.90 Å². The predicted octanol–water partition coefficient (Wildman–Crippen LogP) is -1.48. The van der Waals surface area contributed by atoms with Gasteiger partial charge in [0.25, 0.3) is 0 Å². The first-order valence-electron chi connectivity index (χ1n) is 1.39. The van der Waals surface area contributed by atoms with Crippen LogP contribution in [0.2, 0.25) is 0 Å². The molecule has 0 heterocycles. The summed E-state index contributed by atoms with van der Waals surface area (Å²) in [5.41, 5.74) is 0. The van der Waals surface area contributed by atoms with Gasteiger partial charge in [-0.3, -0.25) is 4.79 Å². The molecule has 0 aliphatic rings. The zero-order chi connectivity index (χ0) is 4.28. The van der Waals surface area contributed by atoms with Crippen molar-refractivity contribution in [1.29, 1.82) is 0 Å².